The number of carboxylic acid groups (broad SMARTS) is 1. The number of carbonyl (C=O) groups is 4. The molecule has 0 spiro atoms. The number of fused-ring (bicyclic) bond motifs is 1. The summed E-state index contributed by atoms with van der Waals surface area (Å²) in [5, 5.41) is 13.6. The number of hydrogen-bond donors (Lipinski definition) is 3. The summed E-state index contributed by atoms with van der Waals surface area (Å²) in [6.07, 6.45) is 3.11. The van der Waals surface area contributed by atoms with Crippen molar-refractivity contribution in [1.29, 1.82) is 0 Å². The van der Waals surface area contributed by atoms with Crippen molar-refractivity contribution in [2.75, 3.05) is 39.6 Å². The molecule has 0 saturated carbocycles. The molecule has 12 heteroatoms. The first kappa shape index (κ1) is 32.7. The fraction of sp³-hybridized carbons (Fsp3) is 0.500. The SMILES string of the molecule is C[C@@H](NC(=O)O)c1cccc(OCCCCCOCCCOCCOc2ccc3c(c2)CN(C2CCC(=O)NC2=O)C3=O)c1. The summed E-state index contributed by atoms with van der Waals surface area (Å²) in [5.41, 5.74) is 2.21. The normalized spacial score (nSPS) is 16.8. The number of carbonyl (C=O) groups excluding carboxylic acids is 3. The Kier molecular flexibility index (Phi) is 12.4. The van der Waals surface area contributed by atoms with Gasteiger partial charge in [-0.1, -0.05) is 12.1 Å². The number of rotatable bonds is 18. The van der Waals surface area contributed by atoms with Gasteiger partial charge in [0.05, 0.1) is 19.3 Å². The summed E-state index contributed by atoms with van der Waals surface area (Å²) < 4.78 is 22.9. The number of nitrogens with zero attached hydrogens (tertiary/aromatic N) is 1. The van der Waals surface area contributed by atoms with E-state index < -0.39 is 18.0 Å². The van der Waals surface area contributed by atoms with Crippen LogP contribution < -0.4 is 20.1 Å². The molecule has 2 aromatic carbocycles. The Bertz CT molecular complexity index is 1300. The highest BCUT2D eigenvalue weighted by Crippen LogP contribution is 2.30. The van der Waals surface area contributed by atoms with E-state index in [-0.39, 0.29) is 24.3 Å². The Balaban J connectivity index is 0.988. The smallest absolute Gasteiger partial charge is 0.405 e. The van der Waals surface area contributed by atoms with Crippen LogP contribution in [-0.4, -0.2) is 79.5 Å². The van der Waals surface area contributed by atoms with Gasteiger partial charge in [0.15, 0.2) is 0 Å². The lowest BCUT2D eigenvalue weighted by Gasteiger charge is -2.29. The molecule has 2 aliphatic heterocycles. The molecule has 2 atom stereocenters. The van der Waals surface area contributed by atoms with E-state index in [4.69, 9.17) is 24.1 Å². The average Bonchev–Trinajstić information content (AvgIpc) is 3.32. The second-order valence-corrected chi connectivity index (χ2v) is 10.8. The van der Waals surface area contributed by atoms with Gasteiger partial charge in [-0.2, -0.15) is 0 Å². The lowest BCUT2D eigenvalue weighted by molar-refractivity contribution is -0.136. The van der Waals surface area contributed by atoms with Crippen LogP contribution in [0, 0.1) is 0 Å². The molecule has 0 radical (unpaired) electrons. The third-order valence-corrected chi connectivity index (χ3v) is 7.47. The van der Waals surface area contributed by atoms with Crippen LogP contribution in [-0.2, 0) is 25.6 Å². The van der Waals surface area contributed by atoms with E-state index in [0.29, 0.717) is 63.9 Å². The highest BCUT2D eigenvalue weighted by Gasteiger charge is 2.39. The van der Waals surface area contributed by atoms with Crippen molar-refractivity contribution in [2.24, 2.45) is 0 Å². The highest BCUT2D eigenvalue weighted by atomic mass is 16.5. The maximum Gasteiger partial charge on any atom is 0.405 e. The van der Waals surface area contributed by atoms with Crippen LogP contribution in [0.4, 0.5) is 4.79 Å². The first-order chi connectivity index (χ1) is 21.3. The van der Waals surface area contributed by atoms with E-state index in [1.165, 1.54) is 4.90 Å². The van der Waals surface area contributed by atoms with Gasteiger partial charge in [0.1, 0.15) is 24.1 Å². The van der Waals surface area contributed by atoms with Gasteiger partial charge in [0, 0.05) is 38.3 Å². The maximum atomic E-state index is 12.8. The molecule has 1 saturated heterocycles. The number of unbranched alkanes of at least 4 members (excludes halogenated alkanes) is 2. The second kappa shape index (κ2) is 16.6. The maximum absolute atomic E-state index is 12.8. The number of benzene rings is 2. The number of amides is 4. The fourth-order valence-corrected chi connectivity index (χ4v) is 5.14. The molecule has 1 unspecified atom stereocenters. The Morgan fingerprint density at radius 3 is 2.45 bits per heavy atom. The van der Waals surface area contributed by atoms with Crippen LogP contribution in [0.2, 0.25) is 0 Å². The predicted molar refractivity (Wildman–Crippen MR) is 160 cm³/mol. The van der Waals surface area contributed by atoms with Gasteiger partial charge in [-0.25, -0.2) is 4.79 Å². The first-order valence-electron chi connectivity index (χ1n) is 15.1. The molecular formula is C32H41N3O9. The molecule has 238 valence electrons. The number of imide groups is 1. The van der Waals surface area contributed by atoms with Crippen LogP contribution in [0.25, 0.3) is 0 Å². The minimum atomic E-state index is -1.05. The third kappa shape index (κ3) is 9.68. The van der Waals surface area contributed by atoms with Crippen molar-refractivity contribution >= 4 is 23.8 Å². The van der Waals surface area contributed by atoms with Crippen molar-refractivity contribution in [1.82, 2.24) is 15.5 Å². The van der Waals surface area contributed by atoms with Crippen LogP contribution >= 0.6 is 0 Å². The number of ether oxygens (including phenoxy) is 4. The van der Waals surface area contributed by atoms with Crippen molar-refractivity contribution in [2.45, 2.75) is 64.1 Å². The summed E-state index contributed by atoms with van der Waals surface area (Å²) >= 11 is 0. The minimum Gasteiger partial charge on any atom is -0.494 e. The molecule has 2 aliphatic rings. The molecule has 0 aromatic heterocycles. The fourth-order valence-electron chi connectivity index (χ4n) is 5.14. The molecule has 2 aromatic rings. The van der Waals surface area contributed by atoms with Crippen molar-refractivity contribution in [3.63, 3.8) is 0 Å². The average molecular weight is 612 g/mol. The molecule has 1 fully saturated rings. The topological polar surface area (TPSA) is 153 Å². The zero-order valence-electron chi connectivity index (χ0n) is 25.0. The van der Waals surface area contributed by atoms with Crippen LogP contribution in [0.3, 0.4) is 0 Å². The molecule has 2 heterocycles. The number of hydrogen-bond acceptors (Lipinski definition) is 8. The van der Waals surface area contributed by atoms with Gasteiger partial charge in [-0.15, -0.1) is 0 Å². The van der Waals surface area contributed by atoms with E-state index in [0.717, 1.165) is 42.6 Å². The Morgan fingerprint density at radius 1 is 0.932 bits per heavy atom. The van der Waals surface area contributed by atoms with Gasteiger partial charge in [-0.05, 0) is 80.5 Å². The van der Waals surface area contributed by atoms with Crippen molar-refractivity contribution < 1.29 is 43.2 Å². The first-order valence-corrected chi connectivity index (χ1v) is 15.1. The Morgan fingerprint density at radius 2 is 1.66 bits per heavy atom. The number of nitrogens with one attached hydrogen (secondary N) is 2. The van der Waals surface area contributed by atoms with Gasteiger partial charge in [0.25, 0.3) is 5.91 Å². The third-order valence-electron chi connectivity index (χ3n) is 7.47. The van der Waals surface area contributed by atoms with Crippen LogP contribution in [0.15, 0.2) is 42.5 Å². The monoisotopic (exact) mass is 611 g/mol. The lowest BCUT2D eigenvalue weighted by atomic mass is 10.0. The summed E-state index contributed by atoms with van der Waals surface area (Å²) in [5.74, 6) is 0.426. The summed E-state index contributed by atoms with van der Waals surface area (Å²) in [7, 11) is 0. The lowest BCUT2D eigenvalue weighted by Crippen LogP contribution is -2.52. The molecule has 4 amide bonds. The minimum absolute atomic E-state index is 0.206. The largest absolute Gasteiger partial charge is 0.494 e. The molecule has 0 bridgehead atoms. The van der Waals surface area contributed by atoms with Crippen LogP contribution in [0.1, 0.15) is 73.0 Å². The van der Waals surface area contributed by atoms with E-state index in [1.807, 2.05) is 30.3 Å². The van der Waals surface area contributed by atoms with Crippen molar-refractivity contribution in [3.8, 4) is 11.5 Å². The zero-order valence-corrected chi connectivity index (χ0v) is 25.0. The van der Waals surface area contributed by atoms with E-state index in [1.54, 1.807) is 19.1 Å². The summed E-state index contributed by atoms with van der Waals surface area (Å²) in [6.45, 7) is 5.35. The molecule has 3 N–H and O–H groups in total. The predicted octanol–water partition coefficient (Wildman–Crippen LogP) is 3.83. The Hall–Kier alpha value is -4.16. The number of piperidine rings is 1. The van der Waals surface area contributed by atoms with Crippen molar-refractivity contribution in [3.05, 3.63) is 59.2 Å². The Labute approximate surface area is 257 Å². The summed E-state index contributed by atoms with van der Waals surface area (Å²) in [4.78, 5) is 48.8. The molecular weight excluding hydrogens is 570 g/mol. The molecule has 4 rings (SSSR count). The molecule has 44 heavy (non-hydrogen) atoms. The standard InChI is InChI=1S/C32H41N3O9/c1-22(33-32(39)40)23-7-5-8-25(19-23)43-16-4-2-3-13-41-14-6-15-42-17-18-44-26-9-10-27-24(20-26)21-35(31(27)38)28-11-12-29(36)34-30(28)37/h5,7-10,19-20,22,28,33H,2-4,6,11-18,21H2,1H3,(H,39,40)(H,34,36,37)/t22-,28?/m1/s1. The van der Waals surface area contributed by atoms with E-state index in [9.17, 15) is 19.2 Å². The molecule has 0 aliphatic carbocycles. The van der Waals surface area contributed by atoms with Gasteiger partial charge in [-0.3, -0.25) is 19.7 Å². The highest BCUT2D eigenvalue weighted by molar-refractivity contribution is 6.05. The van der Waals surface area contributed by atoms with E-state index in [2.05, 4.69) is 10.6 Å². The molecule has 12 nitrogen and oxygen atoms in total. The second-order valence-electron chi connectivity index (χ2n) is 10.8. The quantitative estimate of drug-likeness (QED) is 0.169. The van der Waals surface area contributed by atoms with Gasteiger partial charge in [0.2, 0.25) is 11.8 Å². The van der Waals surface area contributed by atoms with Gasteiger partial charge >= 0.3 is 6.09 Å². The summed E-state index contributed by atoms with van der Waals surface area (Å²) in [6, 6.07) is 11.8. The zero-order chi connectivity index (χ0) is 31.3. The van der Waals surface area contributed by atoms with Gasteiger partial charge < -0.3 is 34.3 Å². The van der Waals surface area contributed by atoms with E-state index >= 15 is 0 Å². The van der Waals surface area contributed by atoms with Crippen LogP contribution in [0.5, 0.6) is 11.5 Å².